The molecule has 0 atom stereocenters. The molecule has 118 valence electrons. The third-order valence-corrected chi connectivity index (χ3v) is 4.66. The number of benzene rings is 3. The van der Waals surface area contributed by atoms with E-state index in [0.717, 1.165) is 21.4 Å². The average molecular weight is 394 g/mol. The van der Waals surface area contributed by atoms with Gasteiger partial charge in [0.15, 0.2) is 0 Å². The number of thioether (sulfide) groups is 1. The van der Waals surface area contributed by atoms with Crippen LogP contribution in [-0.2, 0) is 0 Å². The van der Waals surface area contributed by atoms with Gasteiger partial charge in [0, 0.05) is 14.9 Å². The summed E-state index contributed by atoms with van der Waals surface area (Å²) in [6.45, 7) is 0. The number of nitrogens with zero attached hydrogens (tertiary/aromatic N) is 1. The largest absolute Gasteiger partial charge is 0.248 e. The Morgan fingerprint density at radius 1 is 0.792 bits per heavy atom. The van der Waals surface area contributed by atoms with E-state index in [0.29, 0.717) is 0 Å². The molecule has 24 heavy (non-hydrogen) atoms. The summed E-state index contributed by atoms with van der Waals surface area (Å²) in [4.78, 5) is 5.98. The minimum Gasteiger partial charge on any atom is -0.248 e. The maximum atomic E-state index is 4.78. The van der Waals surface area contributed by atoms with Crippen molar-refractivity contribution in [3.05, 3.63) is 106 Å². The monoisotopic (exact) mass is 393 g/mol. The van der Waals surface area contributed by atoms with Crippen molar-refractivity contribution in [3.63, 3.8) is 0 Å². The molecule has 3 heteroatoms. The van der Waals surface area contributed by atoms with Crippen LogP contribution in [0.5, 0.6) is 0 Å². The second-order valence-corrected chi connectivity index (χ2v) is 6.97. The molecule has 0 amide bonds. The lowest BCUT2D eigenvalue weighted by Crippen LogP contribution is -1.95. The Kier molecular flexibility index (Phi) is 6.05. The zero-order valence-corrected chi connectivity index (χ0v) is 15.4. The Balaban J connectivity index is 1.84. The van der Waals surface area contributed by atoms with Crippen molar-refractivity contribution in [2.24, 2.45) is 4.99 Å². The summed E-state index contributed by atoms with van der Waals surface area (Å²) in [5.41, 5.74) is 3.01. The van der Waals surface area contributed by atoms with Crippen LogP contribution in [0.4, 0.5) is 5.69 Å². The topological polar surface area (TPSA) is 12.4 Å². The van der Waals surface area contributed by atoms with Crippen LogP contribution in [0.2, 0.25) is 0 Å². The van der Waals surface area contributed by atoms with E-state index in [1.807, 2.05) is 60.7 Å². The summed E-state index contributed by atoms with van der Waals surface area (Å²) in [6.07, 6.45) is 2.06. The molecule has 0 saturated carbocycles. The summed E-state index contributed by atoms with van der Waals surface area (Å²) in [7, 11) is 0. The maximum Gasteiger partial charge on any atom is 0.0714 e. The average Bonchev–Trinajstić information content (AvgIpc) is 2.64. The Hall–Kier alpha value is -2.10. The highest BCUT2D eigenvalue weighted by Crippen LogP contribution is 2.22. The quantitative estimate of drug-likeness (QED) is 0.340. The summed E-state index contributed by atoms with van der Waals surface area (Å²) >= 11 is 5.14. The normalized spacial score (nSPS) is 11.8. The van der Waals surface area contributed by atoms with E-state index in [1.54, 1.807) is 11.8 Å². The first-order chi connectivity index (χ1) is 11.8. The number of hydrogen-bond donors (Lipinski definition) is 0. The van der Waals surface area contributed by atoms with E-state index >= 15 is 0 Å². The third kappa shape index (κ3) is 4.95. The molecule has 0 N–H and O–H groups in total. The molecule has 0 aromatic heterocycles. The zero-order valence-electron chi connectivity index (χ0n) is 13.0. The highest BCUT2D eigenvalue weighted by molar-refractivity contribution is 9.10. The van der Waals surface area contributed by atoms with E-state index in [1.165, 1.54) is 4.90 Å². The fraction of sp³-hybridized carbons (Fsp3) is 0. The number of para-hydroxylation sites is 1. The summed E-state index contributed by atoms with van der Waals surface area (Å²) in [5.74, 6) is 0. The van der Waals surface area contributed by atoms with E-state index in [9.17, 15) is 0 Å². The minimum absolute atomic E-state index is 0.950. The van der Waals surface area contributed by atoms with Crippen LogP contribution in [0.15, 0.2) is 111 Å². The first-order valence-corrected chi connectivity index (χ1v) is 9.26. The fourth-order valence-corrected chi connectivity index (χ4v) is 3.05. The van der Waals surface area contributed by atoms with E-state index < -0.39 is 0 Å². The molecule has 3 rings (SSSR count). The van der Waals surface area contributed by atoms with Gasteiger partial charge in [-0.15, -0.1) is 0 Å². The molecular formula is C21H16BrNS. The van der Waals surface area contributed by atoms with Crippen LogP contribution in [0.1, 0.15) is 5.56 Å². The molecule has 0 heterocycles. The van der Waals surface area contributed by atoms with Crippen LogP contribution in [0.3, 0.4) is 0 Å². The summed E-state index contributed by atoms with van der Waals surface area (Å²) in [6, 6.07) is 28.6. The fourth-order valence-electron chi connectivity index (χ4n) is 2.14. The highest BCUT2D eigenvalue weighted by Gasteiger charge is 2.00. The maximum absolute atomic E-state index is 4.78. The van der Waals surface area contributed by atoms with Crippen molar-refractivity contribution in [1.29, 1.82) is 0 Å². The lowest BCUT2D eigenvalue weighted by atomic mass is 10.1. The summed E-state index contributed by atoms with van der Waals surface area (Å²) < 4.78 is 1.09. The van der Waals surface area contributed by atoms with Gasteiger partial charge in [-0.2, -0.15) is 0 Å². The molecule has 0 aliphatic rings. The molecular weight excluding hydrogens is 378 g/mol. The van der Waals surface area contributed by atoms with Gasteiger partial charge >= 0.3 is 0 Å². The number of hydrogen-bond acceptors (Lipinski definition) is 2. The molecule has 0 unspecified atom stereocenters. The lowest BCUT2D eigenvalue weighted by molar-refractivity contribution is 1.45. The Labute approximate surface area is 155 Å². The predicted molar refractivity (Wildman–Crippen MR) is 108 cm³/mol. The van der Waals surface area contributed by atoms with Crippen molar-refractivity contribution in [2.75, 3.05) is 0 Å². The van der Waals surface area contributed by atoms with Crippen LogP contribution in [-0.4, -0.2) is 5.71 Å². The zero-order chi connectivity index (χ0) is 16.6. The smallest absolute Gasteiger partial charge is 0.0714 e. The number of allylic oxidation sites excluding steroid dienone is 1. The standard InChI is InChI=1S/C21H16BrNS/c22-18-11-13-20(14-12-18)24-16-15-21(17-7-3-1-4-8-17)23-19-9-5-2-6-10-19/h1-16H/b16-15+,23-21?. The van der Waals surface area contributed by atoms with Crippen LogP contribution in [0.25, 0.3) is 0 Å². The van der Waals surface area contributed by atoms with Gasteiger partial charge in [0.25, 0.3) is 0 Å². The van der Waals surface area contributed by atoms with Crippen molar-refractivity contribution in [2.45, 2.75) is 4.90 Å². The van der Waals surface area contributed by atoms with Gasteiger partial charge in [-0.1, -0.05) is 76.2 Å². The Bertz CT molecular complexity index is 825. The lowest BCUT2D eigenvalue weighted by Gasteiger charge is -2.03. The molecule has 0 fully saturated rings. The molecule has 0 saturated heterocycles. The van der Waals surface area contributed by atoms with Gasteiger partial charge in [-0.3, -0.25) is 0 Å². The molecule has 0 aliphatic carbocycles. The van der Waals surface area contributed by atoms with Crippen LogP contribution >= 0.6 is 27.7 Å². The molecule has 1 nitrogen and oxygen atoms in total. The van der Waals surface area contributed by atoms with Gasteiger partial charge in [0.2, 0.25) is 0 Å². The Morgan fingerprint density at radius 3 is 2.08 bits per heavy atom. The van der Waals surface area contributed by atoms with Gasteiger partial charge in [-0.05, 0) is 47.9 Å². The van der Waals surface area contributed by atoms with Gasteiger partial charge in [0.05, 0.1) is 11.4 Å². The Morgan fingerprint density at radius 2 is 1.42 bits per heavy atom. The van der Waals surface area contributed by atoms with Gasteiger partial charge in [0.1, 0.15) is 0 Å². The van der Waals surface area contributed by atoms with Crippen LogP contribution < -0.4 is 0 Å². The van der Waals surface area contributed by atoms with Crippen molar-refractivity contribution in [1.82, 2.24) is 0 Å². The van der Waals surface area contributed by atoms with Crippen molar-refractivity contribution in [3.8, 4) is 0 Å². The van der Waals surface area contributed by atoms with Crippen molar-refractivity contribution >= 4 is 39.1 Å². The third-order valence-electron chi connectivity index (χ3n) is 3.32. The number of halogens is 1. The molecule has 0 radical (unpaired) electrons. The second kappa shape index (κ2) is 8.67. The molecule has 0 aliphatic heterocycles. The number of aliphatic imine (C=N–C) groups is 1. The number of rotatable bonds is 5. The van der Waals surface area contributed by atoms with Gasteiger partial charge in [-0.25, -0.2) is 4.99 Å². The SMILES string of the molecule is Brc1ccc(S/C=C/C(=Nc2ccccc2)c2ccccc2)cc1. The van der Waals surface area contributed by atoms with E-state index in [2.05, 4.69) is 51.7 Å². The molecule has 3 aromatic rings. The molecule has 0 spiro atoms. The minimum atomic E-state index is 0.950. The van der Waals surface area contributed by atoms with Gasteiger partial charge < -0.3 is 0 Å². The van der Waals surface area contributed by atoms with Crippen molar-refractivity contribution < 1.29 is 0 Å². The predicted octanol–water partition coefficient (Wildman–Crippen LogP) is 6.88. The first kappa shape index (κ1) is 16.7. The second-order valence-electron chi connectivity index (χ2n) is 5.07. The van der Waals surface area contributed by atoms with E-state index in [-0.39, 0.29) is 0 Å². The first-order valence-electron chi connectivity index (χ1n) is 7.59. The molecule has 0 bridgehead atoms. The van der Waals surface area contributed by atoms with E-state index in [4.69, 9.17) is 4.99 Å². The summed E-state index contributed by atoms with van der Waals surface area (Å²) in [5, 5.41) is 2.08. The molecule has 3 aromatic carbocycles. The highest BCUT2D eigenvalue weighted by atomic mass is 79.9. The van der Waals surface area contributed by atoms with Crippen LogP contribution in [0, 0.1) is 0 Å².